The minimum absolute atomic E-state index is 0.0647. The molecule has 35 heavy (non-hydrogen) atoms. The fraction of sp³-hybridized carbons (Fsp3) is 0.176. The minimum atomic E-state index is -0.0647. The molecule has 1 aliphatic heterocycles. The Morgan fingerprint density at radius 1 is 0.629 bits per heavy atom. The largest absolute Gasteiger partial charge is 0.242 e. The van der Waals surface area contributed by atoms with Crippen molar-refractivity contribution in [2.24, 2.45) is 0 Å². The molecular weight excluding hydrogens is 419 g/mol. The van der Waals surface area contributed by atoms with E-state index in [1.807, 2.05) is 0 Å². The smallest absolute Gasteiger partial charge is 0.0686 e. The van der Waals surface area contributed by atoms with Crippen molar-refractivity contribution in [3.8, 4) is 0 Å². The molecule has 0 spiro atoms. The lowest BCUT2D eigenvalue weighted by atomic mass is 9.31. The van der Waals surface area contributed by atoms with Crippen LogP contribution in [0.1, 0.15) is 50.3 Å². The number of benzene rings is 6. The minimum Gasteiger partial charge on any atom is -0.0686 e. The lowest BCUT2D eigenvalue weighted by Crippen LogP contribution is -2.60. The van der Waals surface area contributed by atoms with Crippen molar-refractivity contribution in [1.29, 1.82) is 0 Å². The maximum absolute atomic E-state index is 2.50. The molecule has 1 heteroatoms. The van der Waals surface area contributed by atoms with Crippen LogP contribution in [0.5, 0.6) is 0 Å². The zero-order chi connectivity index (χ0) is 23.9. The van der Waals surface area contributed by atoms with Gasteiger partial charge in [-0.1, -0.05) is 141 Å². The SMILES string of the molecule is CC(C)c1ccc2ccc3c4c(cc5ccc1c2c53)C(C)(C)c1ccccc1B4c1ccccc1. The standard InChI is InChI=1S/C34H29B/c1-21(2)25-17-14-22-15-19-27-32-23(16-18-26(25)31(22)32)20-29-33(27)35(24-10-6-5-7-11-24)30-13-9-8-12-28(30)34(29,3)4/h5-21H,1-4H3. The summed E-state index contributed by atoms with van der Waals surface area (Å²) in [5.41, 5.74) is 8.57. The Morgan fingerprint density at radius 2 is 1.29 bits per heavy atom. The van der Waals surface area contributed by atoms with Gasteiger partial charge in [0.1, 0.15) is 0 Å². The van der Waals surface area contributed by atoms with E-state index in [2.05, 4.69) is 125 Å². The summed E-state index contributed by atoms with van der Waals surface area (Å²) in [7, 11) is 0. The molecule has 1 heterocycles. The van der Waals surface area contributed by atoms with E-state index < -0.39 is 0 Å². The third kappa shape index (κ3) is 2.76. The molecule has 0 saturated carbocycles. The fourth-order valence-corrected chi connectivity index (χ4v) is 6.86. The quantitative estimate of drug-likeness (QED) is 0.200. The summed E-state index contributed by atoms with van der Waals surface area (Å²) in [4.78, 5) is 0. The van der Waals surface area contributed by atoms with E-state index in [-0.39, 0.29) is 12.1 Å². The third-order valence-electron chi connectivity index (χ3n) is 8.52. The molecule has 0 fully saturated rings. The maximum atomic E-state index is 2.50. The van der Waals surface area contributed by atoms with Crippen molar-refractivity contribution in [2.45, 2.75) is 39.0 Å². The van der Waals surface area contributed by atoms with Gasteiger partial charge >= 0.3 is 0 Å². The van der Waals surface area contributed by atoms with Crippen molar-refractivity contribution in [1.82, 2.24) is 0 Å². The van der Waals surface area contributed by atoms with Crippen LogP contribution in [-0.2, 0) is 5.41 Å². The molecule has 0 aromatic heterocycles. The Hall–Kier alpha value is -3.58. The van der Waals surface area contributed by atoms with Crippen LogP contribution in [0.15, 0.2) is 97.1 Å². The van der Waals surface area contributed by atoms with E-state index in [0.717, 1.165) is 0 Å². The zero-order valence-corrected chi connectivity index (χ0v) is 20.9. The number of rotatable bonds is 2. The van der Waals surface area contributed by atoms with E-state index in [1.54, 1.807) is 0 Å². The Labute approximate surface area is 208 Å². The molecular formula is C34H29B. The van der Waals surface area contributed by atoms with Gasteiger partial charge in [-0.25, -0.2) is 0 Å². The molecule has 0 amide bonds. The zero-order valence-electron chi connectivity index (χ0n) is 20.9. The summed E-state index contributed by atoms with van der Waals surface area (Å²) in [6, 6.07) is 36.8. The number of hydrogen-bond donors (Lipinski definition) is 0. The molecule has 0 N–H and O–H groups in total. The molecule has 168 valence electrons. The van der Waals surface area contributed by atoms with Gasteiger partial charge < -0.3 is 0 Å². The van der Waals surface area contributed by atoms with Gasteiger partial charge in [0, 0.05) is 5.41 Å². The van der Waals surface area contributed by atoms with Gasteiger partial charge in [0.05, 0.1) is 0 Å². The number of fused-ring (bicyclic) bond motifs is 3. The van der Waals surface area contributed by atoms with Crippen LogP contribution in [0.3, 0.4) is 0 Å². The monoisotopic (exact) mass is 448 g/mol. The van der Waals surface area contributed by atoms with Crippen molar-refractivity contribution in [3.05, 3.63) is 114 Å². The van der Waals surface area contributed by atoms with Crippen molar-refractivity contribution >= 4 is 55.4 Å². The highest BCUT2D eigenvalue weighted by Crippen LogP contribution is 2.42. The van der Waals surface area contributed by atoms with Gasteiger partial charge in [0.25, 0.3) is 0 Å². The van der Waals surface area contributed by atoms with Gasteiger partial charge in [-0.3, -0.25) is 0 Å². The van der Waals surface area contributed by atoms with E-state index >= 15 is 0 Å². The topological polar surface area (TPSA) is 0 Å². The summed E-state index contributed by atoms with van der Waals surface area (Å²) >= 11 is 0. The fourth-order valence-electron chi connectivity index (χ4n) is 6.86. The Bertz CT molecular complexity index is 1740. The van der Waals surface area contributed by atoms with Gasteiger partial charge in [-0.2, -0.15) is 0 Å². The van der Waals surface area contributed by atoms with Crippen LogP contribution in [-0.4, -0.2) is 6.71 Å². The average molecular weight is 448 g/mol. The van der Waals surface area contributed by atoms with Gasteiger partial charge in [0.15, 0.2) is 0 Å². The van der Waals surface area contributed by atoms with Crippen LogP contribution in [0.2, 0.25) is 0 Å². The van der Waals surface area contributed by atoms with Crippen molar-refractivity contribution in [3.63, 3.8) is 0 Å². The molecule has 6 aromatic carbocycles. The molecule has 0 nitrogen and oxygen atoms in total. The predicted octanol–water partition coefficient (Wildman–Crippen LogP) is 6.86. The second kappa shape index (κ2) is 7.21. The highest BCUT2D eigenvalue weighted by atomic mass is 14.3. The van der Waals surface area contributed by atoms with Crippen molar-refractivity contribution < 1.29 is 0 Å². The molecule has 0 aliphatic carbocycles. The van der Waals surface area contributed by atoms with Gasteiger partial charge in [0.2, 0.25) is 6.71 Å². The van der Waals surface area contributed by atoms with E-state index in [1.165, 1.54) is 65.4 Å². The summed E-state index contributed by atoms with van der Waals surface area (Å²) in [5, 5.41) is 8.37. The van der Waals surface area contributed by atoms with Crippen LogP contribution >= 0.6 is 0 Å². The lowest BCUT2D eigenvalue weighted by Gasteiger charge is -2.40. The first-order valence-corrected chi connectivity index (χ1v) is 12.9. The summed E-state index contributed by atoms with van der Waals surface area (Å²) in [5.74, 6) is 0.497. The van der Waals surface area contributed by atoms with Crippen LogP contribution in [0.4, 0.5) is 0 Å². The molecule has 0 atom stereocenters. The van der Waals surface area contributed by atoms with Crippen LogP contribution in [0.25, 0.3) is 32.3 Å². The Kier molecular flexibility index (Phi) is 4.28. The van der Waals surface area contributed by atoms with Crippen molar-refractivity contribution in [2.75, 3.05) is 0 Å². The van der Waals surface area contributed by atoms with E-state index in [9.17, 15) is 0 Å². The van der Waals surface area contributed by atoms with Crippen LogP contribution < -0.4 is 16.4 Å². The molecule has 0 bridgehead atoms. The molecule has 0 unspecified atom stereocenters. The lowest BCUT2D eigenvalue weighted by molar-refractivity contribution is 0.647. The second-order valence-electron chi connectivity index (χ2n) is 11.1. The molecule has 7 rings (SSSR count). The Morgan fingerprint density at radius 3 is 2.09 bits per heavy atom. The first-order valence-electron chi connectivity index (χ1n) is 12.9. The van der Waals surface area contributed by atoms with Gasteiger partial charge in [-0.15, -0.1) is 0 Å². The molecule has 0 radical (unpaired) electrons. The Balaban J connectivity index is 1.69. The van der Waals surface area contributed by atoms with Crippen LogP contribution in [0, 0.1) is 0 Å². The predicted molar refractivity (Wildman–Crippen MR) is 154 cm³/mol. The summed E-state index contributed by atoms with van der Waals surface area (Å²) in [6.45, 7) is 9.64. The highest BCUT2D eigenvalue weighted by molar-refractivity contribution is 6.98. The van der Waals surface area contributed by atoms with Gasteiger partial charge in [-0.05, 0) is 54.9 Å². The summed E-state index contributed by atoms with van der Waals surface area (Å²) in [6.07, 6.45) is 0. The molecule has 1 aliphatic rings. The number of hydrogen-bond acceptors (Lipinski definition) is 0. The first kappa shape index (κ1) is 20.8. The third-order valence-corrected chi connectivity index (χ3v) is 8.52. The summed E-state index contributed by atoms with van der Waals surface area (Å²) < 4.78 is 0. The second-order valence-corrected chi connectivity index (χ2v) is 11.1. The average Bonchev–Trinajstić information content (AvgIpc) is 2.88. The van der Waals surface area contributed by atoms with E-state index in [0.29, 0.717) is 5.92 Å². The first-order chi connectivity index (χ1) is 17.0. The molecule has 6 aromatic rings. The highest BCUT2D eigenvalue weighted by Gasteiger charge is 2.41. The van der Waals surface area contributed by atoms with E-state index in [4.69, 9.17) is 0 Å². The molecule has 0 saturated heterocycles. The normalized spacial score (nSPS) is 14.7. The maximum Gasteiger partial charge on any atom is 0.242 e.